The highest BCUT2D eigenvalue weighted by atomic mass is 16.8. The Hall–Kier alpha value is -2.67. The van der Waals surface area contributed by atoms with Gasteiger partial charge in [0, 0.05) is 0 Å². The first-order valence-corrected chi connectivity index (χ1v) is 24.0. The van der Waals surface area contributed by atoms with Crippen LogP contribution < -0.4 is 0 Å². The van der Waals surface area contributed by atoms with E-state index >= 15 is 0 Å². The Morgan fingerprint density at radius 3 is 1.71 bits per heavy atom. The van der Waals surface area contributed by atoms with Gasteiger partial charge in [-0.15, -0.1) is 0 Å². The third-order valence-corrected chi connectivity index (χ3v) is 19.0. The highest BCUT2D eigenvalue weighted by Crippen LogP contribution is 2.74. The largest absolute Gasteiger partial charge is 0.481 e. The van der Waals surface area contributed by atoms with Gasteiger partial charge in [0.25, 0.3) is 0 Å². The lowest BCUT2D eigenvalue weighted by molar-refractivity contribution is -0.392. The Labute approximate surface area is 394 Å². The van der Waals surface area contributed by atoms with Crippen LogP contribution in [0.4, 0.5) is 0 Å². The van der Waals surface area contributed by atoms with Crippen molar-refractivity contribution in [2.45, 2.75) is 211 Å². The topological polar surface area (TPSA) is 329 Å². The molecule has 4 saturated carbocycles. The average molecular weight is 969 g/mol. The van der Waals surface area contributed by atoms with Crippen molar-refractivity contribution in [3.8, 4) is 0 Å². The Kier molecular flexibility index (Phi) is 13.3. The maximum atomic E-state index is 12.6. The van der Waals surface area contributed by atoms with E-state index in [1.807, 2.05) is 13.8 Å². The Balaban J connectivity index is 1.09. The van der Waals surface area contributed by atoms with Gasteiger partial charge in [-0.1, -0.05) is 64.8 Å². The third-order valence-electron chi connectivity index (χ3n) is 19.0. The summed E-state index contributed by atoms with van der Waals surface area (Å²) in [5.74, 6) is -4.43. The molecule has 24 atom stereocenters. The molecule has 0 radical (unpaired) electrons. The molecule has 0 aromatic carbocycles. The molecule has 20 heteroatoms. The van der Waals surface area contributed by atoms with Crippen LogP contribution in [-0.4, -0.2) is 178 Å². The summed E-state index contributed by atoms with van der Waals surface area (Å²) in [4.78, 5) is 37.3. The van der Waals surface area contributed by atoms with Gasteiger partial charge >= 0.3 is 17.9 Å². The van der Waals surface area contributed by atoms with Gasteiger partial charge < -0.3 is 84.6 Å². The third kappa shape index (κ3) is 7.74. The van der Waals surface area contributed by atoms with Gasteiger partial charge in [0.1, 0.15) is 54.9 Å². The molecule has 11 N–H and O–H groups in total. The molecule has 5 aliphatic carbocycles. The van der Waals surface area contributed by atoms with Crippen molar-refractivity contribution in [3.05, 3.63) is 23.3 Å². The maximum absolute atomic E-state index is 12.6. The quantitative estimate of drug-likeness (QED) is 0.142. The van der Waals surface area contributed by atoms with E-state index in [9.17, 15) is 70.6 Å². The summed E-state index contributed by atoms with van der Waals surface area (Å²) < 4.78 is 35.7. The molecule has 384 valence electrons. The summed E-state index contributed by atoms with van der Waals surface area (Å²) in [5, 5.41) is 118. The van der Waals surface area contributed by atoms with Gasteiger partial charge in [-0.25, -0.2) is 9.59 Å². The molecule has 3 heterocycles. The van der Waals surface area contributed by atoms with Crippen LogP contribution in [0.2, 0.25) is 0 Å². The molecule has 0 spiro atoms. The smallest absolute Gasteiger partial charge is 0.335 e. The minimum atomic E-state index is -2.15. The van der Waals surface area contributed by atoms with Crippen molar-refractivity contribution in [3.63, 3.8) is 0 Å². The Morgan fingerprint density at radius 2 is 1.15 bits per heavy atom. The molecule has 24 unspecified atom stereocenters. The van der Waals surface area contributed by atoms with Crippen LogP contribution in [0.5, 0.6) is 0 Å². The number of fused-ring (bicyclic) bond motifs is 7. The normalized spacial score (nSPS) is 53.3. The molecule has 3 aliphatic heterocycles. The molecular formula is C48H72O20. The van der Waals surface area contributed by atoms with Gasteiger partial charge in [0.05, 0.1) is 23.7 Å². The monoisotopic (exact) mass is 968 g/mol. The van der Waals surface area contributed by atoms with Gasteiger partial charge in [0.15, 0.2) is 31.1 Å². The SMILES string of the molecule is CC1OC(OC2C(OC3C(OC4CCC5(C)C6=CC=C7C8CC(C)(C(=O)O)C(O)CC8(C)CCC7(C)C6(C)CCC5C4(C)C)OC(C(=O)O)C(O)C3O)OC(C(=O)O)C(O)C2O)C(O)C(O)C1O. The van der Waals surface area contributed by atoms with Crippen molar-refractivity contribution in [2.75, 3.05) is 0 Å². The van der Waals surface area contributed by atoms with E-state index in [0.717, 1.165) is 25.7 Å². The van der Waals surface area contributed by atoms with E-state index in [1.165, 1.54) is 18.1 Å². The number of hydrogen-bond acceptors (Lipinski definition) is 17. The molecule has 3 saturated heterocycles. The van der Waals surface area contributed by atoms with Crippen LogP contribution in [-0.2, 0) is 42.8 Å². The van der Waals surface area contributed by atoms with E-state index in [-0.39, 0.29) is 33.5 Å². The predicted molar refractivity (Wildman–Crippen MR) is 232 cm³/mol. The average Bonchev–Trinajstić information content (AvgIpc) is 3.25. The van der Waals surface area contributed by atoms with Gasteiger partial charge in [0.2, 0.25) is 0 Å². The van der Waals surface area contributed by atoms with Crippen LogP contribution in [0.25, 0.3) is 0 Å². The van der Waals surface area contributed by atoms with Crippen molar-refractivity contribution < 1.29 is 99.0 Å². The van der Waals surface area contributed by atoms with Gasteiger partial charge in [-0.05, 0) is 104 Å². The summed E-state index contributed by atoms with van der Waals surface area (Å²) in [7, 11) is 0. The number of aliphatic hydroxyl groups is 8. The summed E-state index contributed by atoms with van der Waals surface area (Å²) in [5.41, 5.74) is -0.676. The molecule has 20 nitrogen and oxygen atoms in total. The first-order valence-electron chi connectivity index (χ1n) is 24.0. The standard InChI is InChI=1S/C48H72O20/c1-19-26(50)27(51)32(56)39(63-19)67-36-31(55)29(53)34(38(59)60)66-41(36)68-35-30(54)28(52)33(37(57)58)65-40(35)64-25-12-13-45(5)22(43(25,2)3)11-14-48(8)23(45)10-9-20-21-17-46(6,42(61)62)24(49)18-44(21,4)15-16-47(20,48)7/h9-10,19,21-22,24-36,39-41,49-56H,11-18H2,1-8H3,(H,57,58)(H,59,60)(H,61,62). The van der Waals surface area contributed by atoms with E-state index < -0.39 is 133 Å². The van der Waals surface area contributed by atoms with Crippen LogP contribution in [0, 0.1) is 44.3 Å². The van der Waals surface area contributed by atoms with Crippen LogP contribution in [0.1, 0.15) is 107 Å². The fourth-order valence-electron chi connectivity index (χ4n) is 14.4. The minimum absolute atomic E-state index is 0.0278. The lowest BCUT2D eigenvalue weighted by Crippen LogP contribution is -2.68. The van der Waals surface area contributed by atoms with Gasteiger partial charge in [-0.3, -0.25) is 4.79 Å². The van der Waals surface area contributed by atoms with Crippen molar-refractivity contribution >= 4 is 17.9 Å². The van der Waals surface area contributed by atoms with Gasteiger partial charge in [-0.2, -0.15) is 0 Å². The highest BCUT2D eigenvalue weighted by Gasteiger charge is 2.68. The molecule has 7 fully saturated rings. The number of carboxylic acid groups (broad SMARTS) is 3. The molecule has 8 aliphatic rings. The molecule has 0 bridgehead atoms. The first-order chi connectivity index (χ1) is 31.5. The van der Waals surface area contributed by atoms with Crippen molar-refractivity contribution in [1.82, 2.24) is 0 Å². The molecule has 0 aromatic rings. The van der Waals surface area contributed by atoms with E-state index in [2.05, 4.69) is 39.8 Å². The zero-order valence-electron chi connectivity index (χ0n) is 39.9. The summed E-state index contributed by atoms with van der Waals surface area (Å²) >= 11 is 0. The zero-order chi connectivity index (χ0) is 50.2. The number of rotatable bonds is 9. The zero-order valence-corrected chi connectivity index (χ0v) is 39.9. The second-order valence-corrected chi connectivity index (χ2v) is 23.1. The Morgan fingerprint density at radius 1 is 0.588 bits per heavy atom. The fraction of sp³-hybridized carbons (Fsp3) is 0.854. The number of ether oxygens (including phenoxy) is 6. The number of aliphatic hydroxyl groups excluding tert-OH is 8. The highest BCUT2D eigenvalue weighted by molar-refractivity contribution is 5.75. The minimum Gasteiger partial charge on any atom is -0.481 e. The van der Waals surface area contributed by atoms with Crippen molar-refractivity contribution in [2.24, 2.45) is 44.3 Å². The van der Waals surface area contributed by atoms with Crippen LogP contribution in [0.15, 0.2) is 23.3 Å². The second-order valence-electron chi connectivity index (χ2n) is 23.1. The number of aliphatic carboxylic acids is 3. The number of carbonyl (C=O) groups is 3. The second kappa shape index (κ2) is 17.5. The predicted octanol–water partition coefficient (Wildman–Crippen LogP) is 0.809. The summed E-state index contributed by atoms with van der Waals surface area (Å²) in [6.45, 7) is 16.2. The van der Waals surface area contributed by atoms with E-state index in [1.54, 1.807) is 6.92 Å². The Bertz CT molecular complexity index is 2040. The summed E-state index contributed by atoms with van der Waals surface area (Å²) in [6.07, 6.45) is -20.7. The number of allylic oxidation sites excluding steroid dienone is 4. The number of carboxylic acids is 3. The molecule has 0 amide bonds. The lowest BCUT2D eigenvalue weighted by Gasteiger charge is -2.69. The molecular weight excluding hydrogens is 897 g/mol. The fourth-order valence-corrected chi connectivity index (χ4v) is 14.4. The first kappa shape index (κ1) is 51.7. The number of hydrogen-bond donors (Lipinski definition) is 11. The molecule has 68 heavy (non-hydrogen) atoms. The molecule has 8 rings (SSSR count). The van der Waals surface area contributed by atoms with E-state index in [4.69, 9.17) is 28.4 Å². The maximum Gasteiger partial charge on any atom is 0.335 e. The molecule has 0 aromatic heterocycles. The van der Waals surface area contributed by atoms with Crippen LogP contribution >= 0.6 is 0 Å². The van der Waals surface area contributed by atoms with E-state index in [0.29, 0.717) is 25.7 Å². The van der Waals surface area contributed by atoms with Crippen molar-refractivity contribution in [1.29, 1.82) is 0 Å². The lowest BCUT2D eigenvalue weighted by atomic mass is 9.36. The summed E-state index contributed by atoms with van der Waals surface area (Å²) in [6, 6.07) is 0. The van der Waals surface area contributed by atoms with Crippen LogP contribution in [0.3, 0.4) is 0 Å².